The zero-order chi connectivity index (χ0) is 21.3. The molecule has 0 heterocycles. The van der Waals surface area contributed by atoms with Crippen molar-refractivity contribution < 1.29 is 14.3 Å². The molecule has 30 heavy (non-hydrogen) atoms. The molecule has 2 N–H and O–H groups in total. The number of methoxy groups -OCH3 is 1. The van der Waals surface area contributed by atoms with Gasteiger partial charge in [0.1, 0.15) is 5.75 Å². The maximum absolute atomic E-state index is 12.8. The Morgan fingerprint density at radius 3 is 2.27 bits per heavy atom. The van der Waals surface area contributed by atoms with Crippen molar-refractivity contribution in [3.63, 3.8) is 0 Å². The normalized spacial score (nSPS) is 11.7. The summed E-state index contributed by atoms with van der Waals surface area (Å²) in [5, 5.41) is 5.76. The molecular weight excluding hydrogens is 376 g/mol. The molecule has 0 aliphatic heterocycles. The highest BCUT2D eigenvalue weighted by atomic mass is 16.5. The Morgan fingerprint density at radius 2 is 1.57 bits per heavy atom. The van der Waals surface area contributed by atoms with Crippen LogP contribution in [-0.4, -0.2) is 18.9 Å². The van der Waals surface area contributed by atoms with Crippen molar-refractivity contribution in [2.75, 3.05) is 12.4 Å². The monoisotopic (exact) mass is 400 g/mol. The van der Waals surface area contributed by atoms with Crippen LogP contribution in [0.2, 0.25) is 0 Å². The van der Waals surface area contributed by atoms with Crippen molar-refractivity contribution in [1.29, 1.82) is 0 Å². The first-order valence-electron chi connectivity index (χ1n) is 9.65. The number of benzene rings is 3. The standard InChI is InChI=1S/C25H24N2O3/c1-18(20-8-4-3-5-9-20)26-25(29)22-10-6-7-11-23(22)27-24(28)17-14-19-12-15-21(30-2)16-13-19/h3-18H,1-2H3,(H,26,29)(H,27,28). The maximum atomic E-state index is 12.8. The van der Waals surface area contributed by atoms with E-state index in [0.29, 0.717) is 11.3 Å². The van der Waals surface area contributed by atoms with Crippen LogP contribution in [0.4, 0.5) is 5.69 Å². The molecule has 3 aromatic rings. The summed E-state index contributed by atoms with van der Waals surface area (Å²) in [4.78, 5) is 25.2. The third-order valence-electron chi connectivity index (χ3n) is 4.62. The van der Waals surface area contributed by atoms with Crippen molar-refractivity contribution in [2.24, 2.45) is 0 Å². The number of anilines is 1. The van der Waals surface area contributed by atoms with Crippen LogP contribution in [0.5, 0.6) is 5.75 Å². The lowest BCUT2D eigenvalue weighted by molar-refractivity contribution is -0.111. The van der Waals surface area contributed by atoms with Crippen LogP contribution in [0.1, 0.15) is 34.5 Å². The highest BCUT2D eigenvalue weighted by Gasteiger charge is 2.15. The van der Waals surface area contributed by atoms with Crippen LogP contribution in [0.3, 0.4) is 0 Å². The smallest absolute Gasteiger partial charge is 0.253 e. The van der Waals surface area contributed by atoms with E-state index in [0.717, 1.165) is 16.9 Å². The summed E-state index contributed by atoms with van der Waals surface area (Å²) in [6.07, 6.45) is 3.14. The van der Waals surface area contributed by atoms with Gasteiger partial charge >= 0.3 is 0 Å². The second-order valence-electron chi connectivity index (χ2n) is 6.75. The van der Waals surface area contributed by atoms with Gasteiger partial charge in [-0.1, -0.05) is 54.6 Å². The topological polar surface area (TPSA) is 67.4 Å². The van der Waals surface area contributed by atoms with Crippen molar-refractivity contribution in [1.82, 2.24) is 5.32 Å². The largest absolute Gasteiger partial charge is 0.497 e. The third-order valence-corrected chi connectivity index (χ3v) is 4.62. The van der Waals surface area contributed by atoms with Crippen LogP contribution in [0, 0.1) is 0 Å². The highest BCUT2D eigenvalue weighted by Crippen LogP contribution is 2.18. The van der Waals surface area contributed by atoms with Gasteiger partial charge in [-0.15, -0.1) is 0 Å². The molecule has 2 amide bonds. The second kappa shape index (κ2) is 10.1. The Morgan fingerprint density at radius 1 is 0.900 bits per heavy atom. The highest BCUT2D eigenvalue weighted by molar-refractivity contribution is 6.07. The fourth-order valence-corrected chi connectivity index (χ4v) is 2.95. The van der Waals surface area contributed by atoms with E-state index in [1.54, 1.807) is 37.5 Å². The number of nitrogens with one attached hydrogen (secondary N) is 2. The molecule has 5 heteroatoms. The number of carbonyl (C=O) groups excluding carboxylic acids is 2. The van der Waals surface area contributed by atoms with E-state index in [1.807, 2.05) is 61.5 Å². The zero-order valence-corrected chi connectivity index (χ0v) is 17.0. The van der Waals surface area contributed by atoms with E-state index in [4.69, 9.17) is 4.74 Å². The Labute approximate surface area is 176 Å². The minimum atomic E-state index is -0.317. The SMILES string of the molecule is COc1ccc(C=CC(=O)Nc2ccccc2C(=O)NC(C)c2ccccc2)cc1. The predicted octanol–water partition coefficient (Wildman–Crippen LogP) is 4.84. The summed E-state index contributed by atoms with van der Waals surface area (Å²) in [7, 11) is 1.60. The molecule has 3 rings (SSSR count). The summed E-state index contributed by atoms with van der Waals surface area (Å²) in [6, 6.07) is 23.9. The predicted molar refractivity (Wildman–Crippen MR) is 119 cm³/mol. The zero-order valence-electron chi connectivity index (χ0n) is 17.0. The first-order valence-corrected chi connectivity index (χ1v) is 9.65. The van der Waals surface area contributed by atoms with E-state index in [9.17, 15) is 9.59 Å². The van der Waals surface area contributed by atoms with E-state index in [2.05, 4.69) is 10.6 Å². The third kappa shape index (κ3) is 5.58. The first-order chi connectivity index (χ1) is 14.6. The first kappa shape index (κ1) is 20.9. The molecule has 0 spiro atoms. The number of hydrogen-bond acceptors (Lipinski definition) is 3. The number of carbonyl (C=O) groups is 2. The number of ether oxygens (including phenoxy) is 1. The summed E-state index contributed by atoms with van der Waals surface area (Å²) < 4.78 is 5.12. The van der Waals surface area contributed by atoms with Gasteiger partial charge < -0.3 is 15.4 Å². The second-order valence-corrected chi connectivity index (χ2v) is 6.75. The van der Waals surface area contributed by atoms with Crippen LogP contribution in [0.25, 0.3) is 6.08 Å². The van der Waals surface area contributed by atoms with Gasteiger partial charge in [-0.3, -0.25) is 9.59 Å². The van der Waals surface area contributed by atoms with Gasteiger partial charge in [0.05, 0.1) is 24.4 Å². The molecular formula is C25H24N2O3. The van der Waals surface area contributed by atoms with Crippen molar-refractivity contribution >= 4 is 23.6 Å². The molecule has 5 nitrogen and oxygen atoms in total. The van der Waals surface area contributed by atoms with Crippen LogP contribution in [0.15, 0.2) is 84.9 Å². The average Bonchev–Trinajstić information content (AvgIpc) is 2.79. The fraction of sp³-hybridized carbons (Fsp3) is 0.120. The lowest BCUT2D eigenvalue weighted by atomic mass is 10.1. The van der Waals surface area contributed by atoms with E-state index in [1.165, 1.54) is 6.08 Å². The molecule has 0 bridgehead atoms. The van der Waals surface area contributed by atoms with Crippen molar-refractivity contribution in [3.05, 3.63) is 102 Å². The van der Waals surface area contributed by atoms with E-state index < -0.39 is 0 Å². The molecule has 0 radical (unpaired) electrons. The molecule has 0 saturated heterocycles. The van der Waals surface area contributed by atoms with Crippen LogP contribution in [-0.2, 0) is 4.79 Å². The molecule has 1 atom stereocenters. The van der Waals surface area contributed by atoms with Gasteiger partial charge in [0.25, 0.3) is 5.91 Å². The van der Waals surface area contributed by atoms with Crippen LogP contribution >= 0.6 is 0 Å². The summed E-state index contributed by atoms with van der Waals surface area (Å²) >= 11 is 0. The molecule has 152 valence electrons. The summed E-state index contributed by atoms with van der Waals surface area (Å²) in [5.41, 5.74) is 2.74. The maximum Gasteiger partial charge on any atom is 0.253 e. The van der Waals surface area contributed by atoms with Gasteiger partial charge in [-0.05, 0) is 48.4 Å². The quantitative estimate of drug-likeness (QED) is 0.558. The molecule has 0 aliphatic carbocycles. The molecule has 0 aliphatic rings. The van der Waals surface area contributed by atoms with Gasteiger partial charge in [0, 0.05) is 6.08 Å². The Kier molecular flexibility index (Phi) is 7.00. The van der Waals surface area contributed by atoms with Gasteiger partial charge in [0.2, 0.25) is 5.91 Å². The number of hydrogen-bond donors (Lipinski definition) is 2. The molecule has 0 fully saturated rings. The fourth-order valence-electron chi connectivity index (χ4n) is 2.95. The lowest BCUT2D eigenvalue weighted by Gasteiger charge is -2.16. The van der Waals surface area contributed by atoms with Gasteiger partial charge in [0.15, 0.2) is 0 Å². The number of rotatable bonds is 7. The molecule has 3 aromatic carbocycles. The van der Waals surface area contributed by atoms with E-state index >= 15 is 0 Å². The molecule has 0 saturated carbocycles. The van der Waals surface area contributed by atoms with Crippen LogP contribution < -0.4 is 15.4 Å². The Bertz CT molecular complexity index is 1030. The van der Waals surface area contributed by atoms with E-state index in [-0.39, 0.29) is 17.9 Å². The average molecular weight is 400 g/mol. The van der Waals surface area contributed by atoms with Gasteiger partial charge in [-0.2, -0.15) is 0 Å². The Hall–Kier alpha value is -3.86. The minimum absolute atomic E-state index is 0.155. The minimum Gasteiger partial charge on any atom is -0.497 e. The summed E-state index contributed by atoms with van der Waals surface area (Å²) in [5.74, 6) is 0.185. The molecule has 0 aromatic heterocycles. The summed E-state index contributed by atoms with van der Waals surface area (Å²) in [6.45, 7) is 1.92. The molecule has 1 unspecified atom stereocenters. The number of para-hydroxylation sites is 1. The lowest BCUT2D eigenvalue weighted by Crippen LogP contribution is -2.27. The van der Waals surface area contributed by atoms with Crippen molar-refractivity contribution in [3.8, 4) is 5.75 Å². The number of amides is 2. The van der Waals surface area contributed by atoms with Gasteiger partial charge in [-0.25, -0.2) is 0 Å². The Balaban J connectivity index is 1.67. The van der Waals surface area contributed by atoms with Crippen molar-refractivity contribution in [2.45, 2.75) is 13.0 Å².